The molecular weight excluding hydrogens is 323 g/mol. The molecule has 1 aliphatic heterocycles. The zero-order valence-electron chi connectivity index (χ0n) is 12.5. The Morgan fingerprint density at radius 1 is 1.21 bits per heavy atom. The minimum Gasteiger partial charge on any atom is -0.332 e. The third-order valence-electron chi connectivity index (χ3n) is 5.02. The van der Waals surface area contributed by atoms with Crippen LogP contribution in [0.5, 0.6) is 0 Å². The van der Waals surface area contributed by atoms with Gasteiger partial charge < -0.3 is 5.32 Å². The summed E-state index contributed by atoms with van der Waals surface area (Å²) in [6.45, 7) is 0. The number of hydrogen-bond donors (Lipinski definition) is 2. The zero-order valence-corrected chi connectivity index (χ0v) is 12.5. The summed E-state index contributed by atoms with van der Waals surface area (Å²) < 4.78 is 40.5. The van der Waals surface area contributed by atoms with Crippen LogP contribution in [0.1, 0.15) is 37.3 Å². The second kappa shape index (κ2) is 4.58. The van der Waals surface area contributed by atoms with Gasteiger partial charge in [-0.2, -0.15) is 0 Å². The van der Waals surface area contributed by atoms with Crippen molar-refractivity contribution in [2.24, 2.45) is 0 Å². The van der Waals surface area contributed by atoms with Gasteiger partial charge in [-0.15, -0.1) is 0 Å². The first kappa shape index (κ1) is 15.2. The van der Waals surface area contributed by atoms with E-state index in [2.05, 4.69) is 5.32 Å². The van der Waals surface area contributed by atoms with Crippen LogP contribution >= 0.6 is 0 Å². The number of rotatable bonds is 2. The first-order chi connectivity index (χ1) is 11.2. The monoisotopic (exact) mass is 337 g/mol. The number of urea groups is 1. The molecule has 5 nitrogen and oxygen atoms in total. The molecule has 5 rings (SSSR count). The normalized spacial score (nSPS) is 34.0. The van der Waals surface area contributed by atoms with E-state index in [0.717, 1.165) is 17.0 Å². The molecule has 126 valence electrons. The van der Waals surface area contributed by atoms with Crippen molar-refractivity contribution in [3.8, 4) is 0 Å². The number of amidine groups is 1. The van der Waals surface area contributed by atoms with Gasteiger partial charge in [0.05, 0.1) is 11.6 Å². The van der Waals surface area contributed by atoms with E-state index in [1.54, 1.807) is 0 Å². The molecule has 3 aliphatic carbocycles. The number of likely N-dealkylation sites (tertiary alicyclic amines) is 1. The smallest absolute Gasteiger partial charge is 0.324 e. The van der Waals surface area contributed by atoms with Gasteiger partial charge in [0.15, 0.2) is 11.6 Å². The van der Waals surface area contributed by atoms with E-state index < -0.39 is 46.5 Å². The first-order valence-electron chi connectivity index (χ1n) is 7.58. The number of nitrogens with zero attached hydrogens (tertiary/aromatic N) is 1. The molecular formula is C16H14F3N3O2. The van der Waals surface area contributed by atoms with Crippen molar-refractivity contribution in [3.05, 3.63) is 35.4 Å². The molecule has 1 aromatic rings. The average Bonchev–Trinajstić information content (AvgIpc) is 2.71. The van der Waals surface area contributed by atoms with E-state index in [1.165, 1.54) is 0 Å². The molecule has 8 heteroatoms. The van der Waals surface area contributed by atoms with Crippen molar-refractivity contribution < 1.29 is 22.8 Å². The Morgan fingerprint density at radius 3 is 2.33 bits per heavy atom. The van der Waals surface area contributed by atoms with Gasteiger partial charge in [-0.05, 0) is 17.7 Å². The Labute approximate surface area is 135 Å². The molecule has 0 radical (unpaired) electrons. The molecule has 1 saturated heterocycles. The number of carbonyl (C=O) groups is 2. The molecule has 24 heavy (non-hydrogen) atoms. The second-order valence-corrected chi connectivity index (χ2v) is 6.96. The Morgan fingerprint density at radius 2 is 1.79 bits per heavy atom. The number of halogens is 3. The molecule has 2 N–H and O–H groups in total. The molecule has 1 atom stereocenters. The molecule has 1 heterocycles. The second-order valence-electron chi connectivity index (χ2n) is 6.96. The minimum absolute atomic E-state index is 0.109. The summed E-state index contributed by atoms with van der Waals surface area (Å²) in [6.07, 6.45) is 0.454. The maximum Gasteiger partial charge on any atom is 0.324 e. The lowest BCUT2D eigenvalue weighted by Gasteiger charge is -2.65. The Kier molecular flexibility index (Phi) is 2.90. The van der Waals surface area contributed by atoms with Gasteiger partial charge in [-0.3, -0.25) is 15.1 Å². The summed E-state index contributed by atoms with van der Waals surface area (Å²) in [5, 5.41) is 10.5. The minimum atomic E-state index is -1.20. The molecule has 0 unspecified atom stereocenters. The van der Waals surface area contributed by atoms with Crippen molar-refractivity contribution in [1.82, 2.24) is 10.2 Å². The first-order valence-corrected chi connectivity index (χ1v) is 7.58. The molecule has 0 aromatic heterocycles. The van der Waals surface area contributed by atoms with Crippen LogP contribution in [0.25, 0.3) is 0 Å². The fourth-order valence-electron chi connectivity index (χ4n) is 4.01. The van der Waals surface area contributed by atoms with Gasteiger partial charge in [-0.1, -0.05) is 0 Å². The van der Waals surface area contributed by atoms with Crippen LogP contribution in [-0.2, 0) is 4.79 Å². The number of hydrogen-bond acceptors (Lipinski definition) is 3. The summed E-state index contributed by atoms with van der Waals surface area (Å²) in [4.78, 5) is 25.3. The Hall–Kier alpha value is -2.38. The van der Waals surface area contributed by atoms with E-state index in [9.17, 15) is 22.8 Å². The summed E-state index contributed by atoms with van der Waals surface area (Å²) in [6, 6.07) is 1.12. The van der Waals surface area contributed by atoms with Crippen LogP contribution in [0.3, 0.4) is 0 Å². The highest BCUT2D eigenvalue weighted by Gasteiger charge is 2.70. The van der Waals surface area contributed by atoms with E-state index in [1.807, 2.05) is 0 Å². The maximum absolute atomic E-state index is 13.6. The van der Waals surface area contributed by atoms with E-state index in [4.69, 9.17) is 5.41 Å². The lowest BCUT2D eigenvalue weighted by atomic mass is 9.47. The molecule has 3 saturated carbocycles. The van der Waals surface area contributed by atoms with Gasteiger partial charge in [0, 0.05) is 31.7 Å². The number of carbonyl (C=O) groups excluding carboxylic acids is 2. The van der Waals surface area contributed by atoms with Crippen LogP contribution in [-0.4, -0.2) is 33.8 Å². The SMILES string of the molecule is N=C1C(=O)C[C@@H](c2cc(F)cc(F)c2)N1C(=O)NC12CC(F)(C1)C2. The lowest BCUT2D eigenvalue weighted by molar-refractivity contribution is -0.162. The lowest BCUT2D eigenvalue weighted by Crippen LogP contribution is -2.77. The number of amides is 2. The van der Waals surface area contributed by atoms with Gasteiger partial charge >= 0.3 is 6.03 Å². The van der Waals surface area contributed by atoms with Crippen molar-refractivity contribution >= 4 is 17.6 Å². The van der Waals surface area contributed by atoms with E-state index in [0.29, 0.717) is 6.07 Å². The van der Waals surface area contributed by atoms with Crippen molar-refractivity contribution in [2.45, 2.75) is 42.9 Å². The Balaban J connectivity index is 1.60. The summed E-state index contributed by atoms with van der Waals surface area (Å²) in [5.74, 6) is -2.76. The van der Waals surface area contributed by atoms with Gasteiger partial charge in [0.1, 0.15) is 17.3 Å². The van der Waals surface area contributed by atoms with E-state index >= 15 is 0 Å². The molecule has 4 aliphatic rings. The highest BCUT2D eigenvalue weighted by atomic mass is 19.1. The third kappa shape index (κ3) is 2.12. The maximum atomic E-state index is 13.6. The molecule has 2 amide bonds. The number of benzene rings is 1. The van der Waals surface area contributed by atoms with E-state index in [-0.39, 0.29) is 31.2 Å². The number of nitrogens with one attached hydrogen (secondary N) is 2. The highest BCUT2D eigenvalue weighted by molar-refractivity contribution is 6.42. The van der Waals surface area contributed by atoms with Crippen LogP contribution in [0.4, 0.5) is 18.0 Å². The predicted molar refractivity (Wildman–Crippen MR) is 77.2 cm³/mol. The van der Waals surface area contributed by atoms with Gasteiger partial charge in [0.2, 0.25) is 0 Å². The molecule has 1 aromatic carbocycles. The molecule has 0 spiro atoms. The standard InChI is InChI=1S/C16H14F3N3O2/c17-9-1-8(2-10(18)3-9)11-4-12(23)13(20)22(11)14(24)21-16-5-15(19,6-16)7-16/h1-3,11,20H,4-7H2,(H,21,24)/t11-,15?,16?/m0/s1. The number of ketones is 1. The average molecular weight is 337 g/mol. The zero-order chi connectivity index (χ0) is 17.3. The van der Waals surface area contributed by atoms with Crippen LogP contribution in [0.2, 0.25) is 0 Å². The Bertz CT molecular complexity index is 755. The molecule has 4 fully saturated rings. The van der Waals surface area contributed by atoms with Gasteiger partial charge in [-0.25, -0.2) is 18.0 Å². The number of Topliss-reactive ketones (excluding diaryl/α,β-unsaturated/α-hetero) is 1. The van der Waals surface area contributed by atoms with Crippen molar-refractivity contribution in [3.63, 3.8) is 0 Å². The summed E-state index contributed by atoms with van der Waals surface area (Å²) in [5.41, 5.74) is -1.71. The fourth-order valence-corrected chi connectivity index (χ4v) is 4.01. The van der Waals surface area contributed by atoms with Crippen molar-refractivity contribution in [1.29, 1.82) is 5.41 Å². The summed E-state index contributed by atoms with van der Waals surface area (Å²) >= 11 is 0. The largest absolute Gasteiger partial charge is 0.332 e. The fraction of sp³-hybridized carbons (Fsp3) is 0.438. The van der Waals surface area contributed by atoms with Crippen LogP contribution < -0.4 is 5.32 Å². The topological polar surface area (TPSA) is 73.3 Å². The predicted octanol–water partition coefficient (Wildman–Crippen LogP) is 2.61. The number of alkyl halides is 1. The quantitative estimate of drug-likeness (QED) is 0.871. The summed E-state index contributed by atoms with van der Waals surface area (Å²) in [7, 11) is 0. The third-order valence-corrected chi connectivity index (χ3v) is 5.02. The van der Waals surface area contributed by atoms with Gasteiger partial charge in [0.25, 0.3) is 0 Å². The molecule has 2 bridgehead atoms. The highest BCUT2D eigenvalue weighted by Crippen LogP contribution is 2.63. The van der Waals surface area contributed by atoms with Crippen molar-refractivity contribution in [2.75, 3.05) is 0 Å². The van der Waals surface area contributed by atoms with Crippen LogP contribution in [0, 0.1) is 17.0 Å². The van der Waals surface area contributed by atoms with Crippen LogP contribution in [0.15, 0.2) is 18.2 Å².